The summed E-state index contributed by atoms with van der Waals surface area (Å²) in [5.41, 5.74) is -0.647. The smallest absolute Gasteiger partial charge is 0.408 e. The van der Waals surface area contributed by atoms with Gasteiger partial charge in [0.05, 0.1) is 9.40 Å². The molecule has 1 aromatic rings. The minimum Gasteiger partial charge on any atom is -0.506 e. The van der Waals surface area contributed by atoms with E-state index in [2.05, 4.69) is 21.2 Å². The molecule has 0 aromatic heterocycles. The van der Waals surface area contributed by atoms with Crippen LogP contribution in [0, 0.1) is 24.0 Å². The van der Waals surface area contributed by atoms with E-state index in [9.17, 15) is 29.9 Å². The lowest BCUT2D eigenvalue weighted by molar-refractivity contribution is -0.386. The van der Waals surface area contributed by atoms with E-state index in [1.807, 2.05) is 0 Å². The van der Waals surface area contributed by atoms with E-state index in [1.54, 1.807) is 20.8 Å². The number of nitro groups is 1. The molecule has 0 radical (unpaired) electrons. The zero-order chi connectivity index (χ0) is 20.4. The van der Waals surface area contributed by atoms with Gasteiger partial charge in [0.25, 0.3) is 5.69 Å². The molecule has 3 N–H and O–H groups in total. The maximum absolute atomic E-state index is 11.9. The number of halogens is 1. The molecule has 0 saturated heterocycles. The fourth-order valence-corrected chi connectivity index (χ4v) is 2.82. The van der Waals surface area contributed by atoms with Gasteiger partial charge in [0.2, 0.25) is 0 Å². The summed E-state index contributed by atoms with van der Waals surface area (Å²) in [5, 5.41) is 33.2. The van der Waals surface area contributed by atoms with Gasteiger partial charge >= 0.3 is 12.1 Å². The molecule has 0 heterocycles. The van der Waals surface area contributed by atoms with Crippen molar-refractivity contribution in [3.63, 3.8) is 0 Å². The van der Waals surface area contributed by atoms with Gasteiger partial charge in [0.15, 0.2) is 0 Å². The number of aromatic hydroxyl groups is 1. The fourth-order valence-electron chi connectivity index (χ4n) is 2.39. The number of benzene rings is 1. The number of ether oxygens (including phenoxy) is 1. The molecular weight excluding hydrogens is 412 g/mol. The Balaban J connectivity index is 3.27. The van der Waals surface area contributed by atoms with Gasteiger partial charge in [0, 0.05) is 23.1 Å². The van der Waals surface area contributed by atoms with Gasteiger partial charge in [-0.25, -0.2) is 9.59 Å². The summed E-state index contributed by atoms with van der Waals surface area (Å²) in [7, 11) is 0. The maximum atomic E-state index is 11.9. The molecule has 0 saturated carbocycles. The first-order chi connectivity index (χ1) is 11.8. The average Bonchev–Trinajstić information content (AvgIpc) is 2.45. The van der Waals surface area contributed by atoms with E-state index < -0.39 is 28.6 Å². The van der Waals surface area contributed by atoms with E-state index in [1.165, 1.54) is 13.8 Å². The van der Waals surface area contributed by atoms with Crippen LogP contribution in [0.5, 0.6) is 5.75 Å². The van der Waals surface area contributed by atoms with Gasteiger partial charge in [-0.1, -0.05) is 0 Å². The molecule has 144 valence electrons. The second-order valence-corrected chi connectivity index (χ2v) is 7.53. The van der Waals surface area contributed by atoms with Gasteiger partial charge < -0.3 is 20.3 Å². The minimum atomic E-state index is -1.44. The summed E-state index contributed by atoms with van der Waals surface area (Å²) < 4.78 is 5.13. The number of alkyl carbamates (subject to hydrolysis) is 1. The maximum Gasteiger partial charge on any atom is 0.408 e. The molecule has 0 aliphatic heterocycles. The van der Waals surface area contributed by atoms with Crippen LogP contribution in [0.2, 0.25) is 0 Å². The van der Waals surface area contributed by atoms with Crippen LogP contribution in [0.1, 0.15) is 37.5 Å². The Labute approximate surface area is 158 Å². The van der Waals surface area contributed by atoms with Crippen LogP contribution in [0.25, 0.3) is 0 Å². The van der Waals surface area contributed by atoms with Gasteiger partial charge in [-0.15, -0.1) is 0 Å². The van der Waals surface area contributed by atoms with Crippen LogP contribution in [0.4, 0.5) is 10.5 Å². The molecule has 0 fully saturated rings. The van der Waals surface area contributed by atoms with Crippen LogP contribution in [-0.2, 0) is 16.0 Å². The van der Waals surface area contributed by atoms with E-state index in [0.29, 0.717) is 0 Å². The Morgan fingerprint density at radius 2 is 1.85 bits per heavy atom. The van der Waals surface area contributed by atoms with Crippen molar-refractivity contribution in [2.75, 3.05) is 0 Å². The summed E-state index contributed by atoms with van der Waals surface area (Å²) in [4.78, 5) is 34.1. The molecule has 0 bridgehead atoms. The monoisotopic (exact) mass is 432 g/mol. The van der Waals surface area contributed by atoms with Crippen molar-refractivity contribution >= 4 is 33.7 Å². The zero-order valence-electron chi connectivity index (χ0n) is 15.0. The first kappa shape index (κ1) is 21.7. The highest BCUT2D eigenvalue weighted by molar-refractivity contribution is 9.10. The number of hydrogen-bond donors (Lipinski definition) is 3. The number of nitro benzene ring substituents is 1. The molecule has 0 aliphatic rings. The third-order valence-corrected chi connectivity index (χ3v) is 4.54. The molecule has 10 heteroatoms. The number of nitrogens with one attached hydrogen (secondary N) is 1. The number of carbonyl (C=O) groups excluding carboxylic acids is 1. The number of amides is 1. The van der Waals surface area contributed by atoms with E-state index in [0.717, 1.165) is 0 Å². The molecule has 0 spiro atoms. The topological polar surface area (TPSA) is 139 Å². The van der Waals surface area contributed by atoms with Gasteiger partial charge in [-0.05, 0) is 50.5 Å². The highest BCUT2D eigenvalue weighted by atomic mass is 79.9. The Hall–Kier alpha value is -2.36. The summed E-state index contributed by atoms with van der Waals surface area (Å²) in [6.07, 6.45) is -1.30. The number of carbonyl (C=O) groups is 2. The van der Waals surface area contributed by atoms with E-state index >= 15 is 0 Å². The van der Waals surface area contributed by atoms with Crippen molar-refractivity contribution in [1.82, 2.24) is 5.32 Å². The number of carboxylic acids is 1. The van der Waals surface area contributed by atoms with Gasteiger partial charge in [-0.3, -0.25) is 10.1 Å². The third kappa shape index (κ3) is 5.07. The second kappa shape index (κ2) is 7.90. The normalized spacial score (nSPS) is 12.4. The number of rotatable bonds is 5. The zero-order valence-corrected chi connectivity index (χ0v) is 16.6. The highest BCUT2D eigenvalue weighted by Crippen LogP contribution is 2.41. The molecule has 1 unspecified atom stereocenters. The Morgan fingerprint density at radius 3 is 2.27 bits per heavy atom. The molecule has 1 amide bonds. The summed E-state index contributed by atoms with van der Waals surface area (Å²) in [6, 6.07) is -1.44. The predicted octanol–water partition coefficient (Wildman–Crippen LogP) is 3.20. The number of phenolic OH excluding ortho intramolecular Hbond substituents is 1. The lowest BCUT2D eigenvalue weighted by Gasteiger charge is -2.22. The van der Waals surface area contributed by atoms with E-state index in [-0.39, 0.29) is 39.0 Å². The molecule has 1 rings (SSSR count). The first-order valence-electron chi connectivity index (χ1n) is 7.63. The molecule has 0 aliphatic carbocycles. The SMILES string of the molecule is Cc1c(Br)c(O)c(CC(NC(=O)OC(C)(C)C)C(=O)O)c(C)c1[N+](=O)[O-]. The minimum absolute atomic E-state index is 0.0534. The lowest BCUT2D eigenvalue weighted by atomic mass is 9.96. The van der Waals surface area contributed by atoms with Crippen molar-refractivity contribution < 1.29 is 29.5 Å². The van der Waals surface area contributed by atoms with Crippen LogP contribution in [-0.4, -0.2) is 38.8 Å². The van der Waals surface area contributed by atoms with Gasteiger partial charge in [-0.2, -0.15) is 0 Å². The fraction of sp³-hybridized carbons (Fsp3) is 0.500. The van der Waals surface area contributed by atoms with Crippen LogP contribution >= 0.6 is 15.9 Å². The summed E-state index contributed by atoms with van der Waals surface area (Å²) in [5.74, 6) is -1.67. The van der Waals surface area contributed by atoms with Gasteiger partial charge in [0.1, 0.15) is 17.4 Å². The van der Waals surface area contributed by atoms with Crippen LogP contribution in [0.15, 0.2) is 4.47 Å². The molecule has 1 atom stereocenters. The first-order valence-corrected chi connectivity index (χ1v) is 8.42. The summed E-state index contributed by atoms with van der Waals surface area (Å²) >= 11 is 3.09. The number of hydrogen-bond acceptors (Lipinski definition) is 6. The number of carboxylic acid groups (broad SMARTS) is 1. The second-order valence-electron chi connectivity index (χ2n) is 6.74. The predicted molar refractivity (Wildman–Crippen MR) is 96.4 cm³/mol. The number of aliphatic carboxylic acids is 1. The molecule has 26 heavy (non-hydrogen) atoms. The molecular formula is C16H21BrN2O7. The van der Waals surface area contributed by atoms with Crippen molar-refractivity contribution in [3.8, 4) is 5.75 Å². The van der Waals surface area contributed by atoms with Crippen LogP contribution in [0.3, 0.4) is 0 Å². The Morgan fingerprint density at radius 1 is 1.31 bits per heavy atom. The van der Waals surface area contributed by atoms with Crippen molar-refractivity contribution in [3.05, 3.63) is 31.3 Å². The quantitative estimate of drug-likeness (QED) is 0.479. The lowest BCUT2D eigenvalue weighted by Crippen LogP contribution is -2.44. The Bertz CT molecular complexity index is 756. The molecule has 1 aromatic carbocycles. The van der Waals surface area contributed by atoms with Crippen molar-refractivity contribution in [1.29, 1.82) is 0 Å². The largest absolute Gasteiger partial charge is 0.506 e. The average molecular weight is 433 g/mol. The molecule has 9 nitrogen and oxygen atoms in total. The summed E-state index contributed by atoms with van der Waals surface area (Å²) in [6.45, 7) is 7.75. The standard InChI is InChI=1S/C16H21BrN2O7/c1-7-9(13(20)11(17)8(2)12(7)19(24)25)6-10(14(21)22)18-15(23)26-16(3,4)5/h10,20H,6H2,1-5H3,(H,18,23)(H,21,22). The number of phenols is 1. The van der Waals surface area contributed by atoms with Crippen molar-refractivity contribution in [2.24, 2.45) is 0 Å². The third-order valence-electron chi connectivity index (χ3n) is 3.57. The van der Waals surface area contributed by atoms with Crippen LogP contribution < -0.4 is 5.32 Å². The number of nitrogens with zero attached hydrogens (tertiary/aromatic N) is 1. The van der Waals surface area contributed by atoms with E-state index in [4.69, 9.17) is 4.74 Å². The Kier molecular flexibility index (Phi) is 6.59. The highest BCUT2D eigenvalue weighted by Gasteiger charge is 2.30. The van der Waals surface area contributed by atoms with Crippen molar-refractivity contribution in [2.45, 2.75) is 52.7 Å².